The molecule has 8 heteroatoms. The van der Waals surface area contributed by atoms with Gasteiger partial charge in [0.2, 0.25) is 11.8 Å². The number of carbonyl (C=O) groups excluding carboxylic acids is 2. The summed E-state index contributed by atoms with van der Waals surface area (Å²) in [6, 6.07) is 1.57. The Kier molecular flexibility index (Phi) is 4.82. The number of aryl methyl sites for hydroxylation is 1. The van der Waals surface area contributed by atoms with Gasteiger partial charge in [-0.2, -0.15) is 5.10 Å². The van der Waals surface area contributed by atoms with Crippen LogP contribution in [-0.4, -0.2) is 70.7 Å². The first-order valence-electron chi connectivity index (χ1n) is 8.38. The van der Waals surface area contributed by atoms with Crippen molar-refractivity contribution in [1.29, 1.82) is 0 Å². The Morgan fingerprint density at radius 2 is 1.88 bits per heavy atom. The predicted octanol–water partition coefficient (Wildman–Crippen LogP) is -0.559. The number of anilines is 1. The molecule has 1 aromatic rings. The molecule has 0 atom stereocenters. The van der Waals surface area contributed by atoms with E-state index in [0.717, 1.165) is 18.5 Å². The number of likely N-dealkylation sites (tertiary alicyclic amines) is 1. The number of rotatable bonds is 3. The van der Waals surface area contributed by atoms with Crippen molar-refractivity contribution in [3.8, 4) is 0 Å². The van der Waals surface area contributed by atoms with Gasteiger partial charge < -0.3 is 14.7 Å². The van der Waals surface area contributed by atoms with E-state index >= 15 is 0 Å². The zero-order chi connectivity index (χ0) is 17.1. The van der Waals surface area contributed by atoms with Crippen LogP contribution in [0.15, 0.2) is 17.1 Å². The van der Waals surface area contributed by atoms with Crippen LogP contribution in [0.2, 0.25) is 0 Å². The van der Waals surface area contributed by atoms with E-state index in [4.69, 9.17) is 0 Å². The lowest BCUT2D eigenvalue weighted by Gasteiger charge is -2.37. The molecule has 0 aliphatic carbocycles. The van der Waals surface area contributed by atoms with E-state index in [1.807, 2.05) is 0 Å². The third kappa shape index (κ3) is 3.58. The number of hydrogen-bond donors (Lipinski definition) is 0. The number of hydrogen-bond acceptors (Lipinski definition) is 5. The van der Waals surface area contributed by atoms with E-state index in [0.29, 0.717) is 39.1 Å². The van der Waals surface area contributed by atoms with Crippen molar-refractivity contribution in [2.45, 2.75) is 19.3 Å². The van der Waals surface area contributed by atoms with Crippen LogP contribution in [0.3, 0.4) is 0 Å². The molecule has 8 nitrogen and oxygen atoms in total. The topological polar surface area (TPSA) is 78.8 Å². The standard InChI is InChI=1S/C16H23N5O3/c1-18-15(23)10-13(11-17-18)19-6-8-20(9-7-19)16(24)12-21-5-3-2-4-14(21)22/h10-11H,2-9,12H2,1H3. The number of nitrogens with zero attached hydrogens (tertiary/aromatic N) is 5. The lowest BCUT2D eigenvalue weighted by molar-refractivity contribution is -0.142. The summed E-state index contributed by atoms with van der Waals surface area (Å²) in [6.07, 6.45) is 4.12. The summed E-state index contributed by atoms with van der Waals surface area (Å²) in [5, 5.41) is 4.03. The van der Waals surface area contributed by atoms with Crippen LogP contribution in [0.1, 0.15) is 19.3 Å². The minimum absolute atomic E-state index is 0.00648. The van der Waals surface area contributed by atoms with Gasteiger partial charge in [0.05, 0.1) is 18.4 Å². The summed E-state index contributed by atoms with van der Waals surface area (Å²) in [4.78, 5) is 41.4. The maximum Gasteiger partial charge on any atom is 0.268 e. The Balaban J connectivity index is 1.54. The zero-order valence-electron chi connectivity index (χ0n) is 14.0. The van der Waals surface area contributed by atoms with Crippen molar-refractivity contribution in [2.24, 2.45) is 7.05 Å². The molecule has 24 heavy (non-hydrogen) atoms. The molecule has 1 aromatic heterocycles. The molecule has 2 amide bonds. The summed E-state index contributed by atoms with van der Waals surface area (Å²) in [7, 11) is 1.62. The maximum atomic E-state index is 12.4. The second-order valence-electron chi connectivity index (χ2n) is 6.32. The molecular weight excluding hydrogens is 310 g/mol. The molecule has 0 N–H and O–H groups in total. The van der Waals surface area contributed by atoms with Crippen LogP contribution in [0.25, 0.3) is 0 Å². The van der Waals surface area contributed by atoms with Crippen molar-refractivity contribution in [2.75, 3.05) is 44.2 Å². The molecule has 2 saturated heterocycles. The second kappa shape index (κ2) is 7.02. The normalized spacial score (nSPS) is 18.9. The molecule has 0 aromatic carbocycles. The van der Waals surface area contributed by atoms with Gasteiger partial charge >= 0.3 is 0 Å². The van der Waals surface area contributed by atoms with E-state index in [1.54, 1.807) is 29.1 Å². The van der Waals surface area contributed by atoms with Crippen molar-refractivity contribution >= 4 is 17.5 Å². The van der Waals surface area contributed by atoms with Crippen LogP contribution >= 0.6 is 0 Å². The van der Waals surface area contributed by atoms with Crippen LogP contribution < -0.4 is 10.5 Å². The molecule has 2 aliphatic rings. The van der Waals surface area contributed by atoms with Gasteiger partial charge in [-0.3, -0.25) is 14.4 Å². The maximum absolute atomic E-state index is 12.4. The minimum Gasteiger partial charge on any atom is -0.367 e. The summed E-state index contributed by atoms with van der Waals surface area (Å²) < 4.78 is 1.29. The molecule has 2 fully saturated rings. The third-order valence-corrected chi connectivity index (χ3v) is 4.70. The van der Waals surface area contributed by atoms with Gasteiger partial charge in [-0.15, -0.1) is 0 Å². The van der Waals surface area contributed by atoms with Crippen molar-refractivity contribution in [3.05, 3.63) is 22.6 Å². The van der Waals surface area contributed by atoms with E-state index in [-0.39, 0.29) is 23.9 Å². The first-order chi connectivity index (χ1) is 11.5. The molecular formula is C16H23N5O3. The average molecular weight is 333 g/mol. The fraction of sp³-hybridized carbons (Fsp3) is 0.625. The molecule has 3 heterocycles. The molecule has 0 saturated carbocycles. The van der Waals surface area contributed by atoms with Crippen LogP contribution in [0.5, 0.6) is 0 Å². The molecule has 0 spiro atoms. The Morgan fingerprint density at radius 3 is 2.54 bits per heavy atom. The van der Waals surface area contributed by atoms with Gasteiger partial charge in [-0.25, -0.2) is 4.68 Å². The molecule has 0 bridgehead atoms. The largest absolute Gasteiger partial charge is 0.367 e. The molecule has 3 rings (SSSR count). The minimum atomic E-state index is -0.144. The Bertz CT molecular complexity index is 679. The Labute approximate surface area is 140 Å². The smallest absolute Gasteiger partial charge is 0.268 e. The molecule has 0 unspecified atom stereocenters. The van der Waals surface area contributed by atoms with Gasteiger partial charge in [-0.1, -0.05) is 0 Å². The van der Waals surface area contributed by atoms with Crippen molar-refractivity contribution in [3.63, 3.8) is 0 Å². The summed E-state index contributed by atoms with van der Waals surface area (Å²) >= 11 is 0. The number of amides is 2. The van der Waals surface area contributed by atoms with E-state index in [1.165, 1.54) is 4.68 Å². The van der Waals surface area contributed by atoms with Gasteiger partial charge in [0.25, 0.3) is 5.56 Å². The van der Waals surface area contributed by atoms with Crippen molar-refractivity contribution in [1.82, 2.24) is 19.6 Å². The first-order valence-corrected chi connectivity index (χ1v) is 8.38. The number of piperidine rings is 1. The Hall–Kier alpha value is -2.38. The van der Waals surface area contributed by atoms with Crippen molar-refractivity contribution < 1.29 is 9.59 Å². The van der Waals surface area contributed by atoms with Gasteiger partial charge in [0.15, 0.2) is 0 Å². The fourth-order valence-electron chi connectivity index (χ4n) is 3.14. The number of carbonyl (C=O) groups is 2. The summed E-state index contributed by atoms with van der Waals surface area (Å²) in [5.74, 6) is 0.0893. The fourth-order valence-corrected chi connectivity index (χ4v) is 3.14. The van der Waals surface area contributed by atoms with Gasteiger partial charge in [0, 0.05) is 52.3 Å². The monoisotopic (exact) mass is 333 g/mol. The highest BCUT2D eigenvalue weighted by atomic mass is 16.2. The number of piperazine rings is 1. The average Bonchev–Trinajstić information content (AvgIpc) is 2.59. The molecule has 130 valence electrons. The summed E-state index contributed by atoms with van der Waals surface area (Å²) in [6.45, 7) is 3.38. The Morgan fingerprint density at radius 1 is 1.12 bits per heavy atom. The third-order valence-electron chi connectivity index (χ3n) is 4.70. The highest BCUT2D eigenvalue weighted by Crippen LogP contribution is 2.14. The summed E-state index contributed by atoms with van der Waals surface area (Å²) in [5.41, 5.74) is 0.644. The van der Waals surface area contributed by atoms with Crippen LogP contribution in [-0.2, 0) is 16.6 Å². The highest BCUT2D eigenvalue weighted by Gasteiger charge is 2.26. The van der Waals surface area contributed by atoms with E-state index in [2.05, 4.69) is 10.00 Å². The predicted molar refractivity (Wildman–Crippen MR) is 88.7 cm³/mol. The SMILES string of the molecule is Cn1ncc(N2CCN(C(=O)CN3CCCCC3=O)CC2)cc1=O. The van der Waals surface area contributed by atoms with Crippen LogP contribution in [0, 0.1) is 0 Å². The second-order valence-corrected chi connectivity index (χ2v) is 6.32. The highest BCUT2D eigenvalue weighted by molar-refractivity contribution is 5.85. The van der Waals surface area contributed by atoms with Crippen LogP contribution in [0.4, 0.5) is 5.69 Å². The lowest BCUT2D eigenvalue weighted by atomic mass is 10.1. The first kappa shape index (κ1) is 16.5. The quantitative estimate of drug-likeness (QED) is 0.741. The van der Waals surface area contributed by atoms with Gasteiger partial charge in [-0.05, 0) is 12.8 Å². The zero-order valence-corrected chi connectivity index (χ0v) is 14.0. The molecule has 0 radical (unpaired) electrons. The lowest BCUT2D eigenvalue weighted by Crippen LogP contribution is -2.52. The van der Waals surface area contributed by atoms with E-state index < -0.39 is 0 Å². The van der Waals surface area contributed by atoms with E-state index in [9.17, 15) is 14.4 Å². The number of aromatic nitrogens is 2. The molecule has 2 aliphatic heterocycles. The van der Waals surface area contributed by atoms with Gasteiger partial charge in [0.1, 0.15) is 0 Å².